The van der Waals surface area contributed by atoms with Crippen molar-refractivity contribution in [3.63, 3.8) is 0 Å². The molecule has 1 heterocycles. The number of urea groups is 1. The minimum absolute atomic E-state index is 0.127. The number of nitrogens with zero attached hydrogens (tertiary/aromatic N) is 2. The Balaban J connectivity index is 2.49. The lowest BCUT2D eigenvalue weighted by Gasteiger charge is -2.16. The van der Waals surface area contributed by atoms with Crippen LogP contribution in [-0.4, -0.2) is 46.9 Å². The summed E-state index contributed by atoms with van der Waals surface area (Å²) in [6, 6.07) is 0.127. The minimum atomic E-state index is 0.127. The van der Waals surface area contributed by atoms with Gasteiger partial charge in [0, 0.05) is 24.5 Å². The summed E-state index contributed by atoms with van der Waals surface area (Å²) in [5.41, 5.74) is 0. The fourth-order valence-electron chi connectivity index (χ4n) is 1.34. The number of likely N-dealkylation sites (N-methyl/N-ethyl adjacent to an activating group) is 1. The van der Waals surface area contributed by atoms with E-state index in [1.165, 1.54) is 0 Å². The van der Waals surface area contributed by atoms with E-state index in [2.05, 4.69) is 0 Å². The molecule has 0 N–H and O–H groups in total. The third-order valence-electron chi connectivity index (χ3n) is 1.98. The molecule has 1 aliphatic heterocycles. The Hall–Kier alpha value is -0.640. The van der Waals surface area contributed by atoms with E-state index in [4.69, 9.17) is 12.2 Å². The molecule has 68 valence electrons. The molecule has 1 fully saturated rings. The monoisotopic (exact) mass is 186 g/mol. The molecule has 1 aliphatic rings. The van der Waals surface area contributed by atoms with Gasteiger partial charge in [-0.25, -0.2) is 4.79 Å². The van der Waals surface area contributed by atoms with Crippen LogP contribution in [0.5, 0.6) is 0 Å². The average molecular weight is 186 g/mol. The van der Waals surface area contributed by atoms with Gasteiger partial charge in [-0.1, -0.05) is 12.2 Å². The van der Waals surface area contributed by atoms with Crippen LogP contribution < -0.4 is 0 Å². The fraction of sp³-hybridized carbons (Fsp3) is 0.750. The van der Waals surface area contributed by atoms with Gasteiger partial charge < -0.3 is 9.80 Å². The molecule has 0 aromatic heterocycles. The highest BCUT2D eigenvalue weighted by molar-refractivity contribution is 7.80. The van der Waals surface area contributed by atoms with Crippen LogP contribution in [0.4, 0.5) is 4.79 Å². The second-order valence-corrected chi connectivity index (χ2v) is 3.68. The summed E-state index contributed by atoms with van der Waals surface area (Å²) < 4.78 is 0. The Labute approximate surface area is 78.3 Å². The molecule has 4 heteroatoms. The van der Waals surface area contributed by atoms with Crippen molar-refractivity contribution in [2.24, 2.45) is 0 Å². The molecule has 0 radical (unpaired) electrons. The standard InChI is InChI=1S/C8H14N2OS/c1-3-9-4-5-10(8(9)11)6-7(2)12/h3-6H2,1-2H3. The van der Waals surface area contributed by atoms with Gasteiger partial charge in [-0.3, -0.25) is 0 Å². The molecule has 0 bridgehead atoms. The summed E-state index contributed by atoms with van der Waals surface area (Å²) in [5, 5.41) is 0. The molecule has 0 aliphatic carbocycles. The molecule has 0 spiro atoms. The van der Waals surface area contributed by atoms with Crippen molar-refractivity contribution < 1.29 is 4.79 Å². The predicted molar refractivity (Wildman–Crippen MR) is 52.5 cm³/mol. The summed E-state index contributed by atoms with van der Waals surface area (Å²) in [6.45, 7) is 6.96. The van der Waals surface area contributed by atoms with Crippen molar-refractivity contribution in [3.05, 3.63) is 0 Å². The number of hydrogen-bond donors (Lipinski definition) is 0. The molecular weight excluding hydrogens is 172 g/mol. The third kappa shape index (κ3) is 1.94. The Bertz CT molecular complexity index is 205. The minimum Gasteiger partial charge on any atom is -0.323 e. The number of thiocarbonyl (C=S) groups is 1. The van der Waals surface area contributed by atoms with Crippen LogP contribution in [0.15, 0.2) is 0 Å². The first-order valence-electron chi connectivity index (χ1n) is 4.18. The quantitative estimate of drug-likeness (QED) is 0.617. The molecule has 3 nitrogen and oxygen atoms in total. The summed E-state index contributed by atoms with van der Waals surface area (Å²) >= 11 is 4.95. The maximum atomic E-state index is 11.5. The van der Waals surface area contributed by atoms with Crippen LogP contribution in [0.3, 0.4) is 0 Å². The Morgan fingerprint density at radius 2 is 2.08 bits per heavy atom. The first-order chi connectivity index (χ1) is 5.65. The Kier molecular flexibility index (Phi) is 3.03. The van der Waals surface area contributed by atoms with Crippen LogP contribution in [0.1, 0.15) is 13.8 Å². The van der Waals surface area contributed by atoms with E-state index in [1.807, 2.05) is 18.7 Å². The highest BCUT2D eigenvalue weighted by Gasteiger charge is 2.26. The van der Waals surface area contributed by atoms with Crippen LogP contribution in [0.2, 0.25) is 0 Å². The topological polar surface area (TPSA) is 23.6 Å². The maximum Gasteiger partial charge on any atom is 0.320 e. The van der Waals surface area contributed by atoms with Gasteiger partial charge in [-0.2, -0.15) is 0 Å². The van der Waals surface area contributed by atoms with Gasteiger partial charge in [0.2, 0.25) is 0 Å². The highest BCUT2D eigenvalue weighted by Crippen LogP contribution is 2.07. The molecule has 0 unspecified atom stereocenters. The Morgan fingerprint density at radius 1 is 1.50 bits per heavy atom. The molecule has 0 aromatic carbocycles. The number of carbonyl (C=O) groups excluding carboxylic acids is 1. The molecule has 2 amide bonds. The van der Waals surface area contributed by atoms with E-state index >= 15 is 0 Å². The van der Waals surface area contributed by atoms with Crippen molar-refractivity contribution in [2.75, 3.05) is 26.2 Å². The summed E-state index contributed by atoms with van der Waals surface area (Å²) in [4.78, 5) is 16.0. The molecule has 1 saturated heterocycles. The first kappa shape index (κ1) is 9.45. The van der Waals surface area contributed by atoms with Crippen LogP contribution in [0, 0.1) is 0 Å². The summed E-state index contributed by atoms with van der Waals surface area (Å²) in [7, 11) is 0. The first-order valence-corrected chi connectivity index (χ1v) is 4.59. The number of hydrogen-bond acceptors (Lipinski definition) is 2. The lowest BCUT2D eigenvalue weighted by molar-refractivity contribution is 0.198. The molecule has 1 rings (SSSR count). The SMILES string of the molecule is CCN1CCN(CC(C)=S)C1=O. The zero-order chi connectivity index (χ0) is 9.14. The number of carbonyl (C=O) groups is 1. The molecule has 12 heavy (non-hydrogen) atoms. The Morgan fingerprint density at radius 3 is 2.50 bits per heavy atom. The van der Waals surface area contributed by atoms with Crippen LogP contribution >= 0.6 is 12.2 Å². The average Bonchev–Trinajstić information content (AvgIpc) is 2.32. The zero-order valence-corrected chi connectivity index (χ0v) is 8.36. The van der Waals surface area contributed by atoms with Gasteiger partial charge in [0.25, 0.3) is 0 Å². The van der Waals surface area contributed by atoms with Crippen molar-refractivity contribution in [3.8, 4) is 0 Å². The van der Waals surface area contributed by atoms with Gasteiger partial charge in [0.15, 0.2) is 0 Å². The van der Waals surface area contributed by atoms with E-state index in [0.29, 0.717) is 6.54 Å². The second-order valence-electron chi connectivity index (χ2n) is 2.99. The molecular formula is C8H14N2OS. The van der Waals surface area contributed by atoms with E-state index in [9.17, 15) is 4.79 Å². The molecule has 0 saturated carbocycles. The van der Waals surface area contributed by atoms with Gasteiger partial charge in [-0.05, 0) is 13.8 Å². The number of rotatable bonds is 3. The van der Waals surface area contributed by atoms with Crippen LogP contribution in [0.25, 0.3) is 0 Å². The van der Waals surface area contributed by atoms with E-state index in [0.717, 1.165) is 24.5 Å². The smallest absolute Gasteiger partial charge is 0.320 e. The van der Waals surface area contributed by atoms with Gasteiger partial charge in [0.05, 0.1) is 6.54 Å². The zero-order valence-electron chi connectivity index (χ0n) is 7.54. The van der Waals surface area contributed by atoms with Crippen LogP contribution in [-0.2, 0) is 0 Å². The van der Waals surface area contributed by atoms with Crippen molar-refractivity contribution in [2.45, 2.75) is 13.8 Å². The highest BCUT2D eigenvalue weighted by atomic mass is 32.1. The van der Waals surface area contributed by atoms with Crippen molar-refractivity contribution in [1.29, 1.82) is 0 Å². The molecule has 0 aromatic rings. The maximum absolute atomic E-state index is 11.5. The van der Waals surface area contributed by atoms with E-state index in [1.54, 1.807) is 4.90 Å². The number of amides is 2. The van der Waals surface area contributed by atoms with E-state index in [-0.39, 0.29) is 6.03 Å². The van der Waals surface area contributed by atoms with Gasteiger partial charge in [-0.15, -0.1) is 0 Å². The second kappa shape index (κ2) is 3.85. The lowest BCUT2D eigenvalue weighted by atomic mass is 10.4. The van der Waals surface area contributed by atoms with E-state index < -0.39 is 0 Å². The summed E-state index contributed by atoms with van der Waals surface area (Å²) in [5.74, 6) is 0. The van der Waals surface area contributed by atoms with Gasteiger partial charge in [0.1, 0.15) is 0 Å². The van der Waals surface area contributed by atoms with Crippen molar-refractivity contribution >= 4 is 23.1 Å². The third-order valence-corrected chi connectivity index (χ3v) is 2.11. The predicted octanol–water partition coefficient (Wildman–Crippen LogP) is 1.13. The largest absolute Gasteiger partial charge is 0.323 e. The molecule has 0 atom stereocenters. The normalized spacial score (nSPS) is 17.3. The lowest BCUT2D eigenvalue weighted by Crippen LogP contribution is -2.34. The fourth-order valence-corrected chi connectivity index (χ4v) is 1.50. The summed E-state index contributed by atoms with van der Waals surface area (Å²) in [6.07, 6.45) is 0. The van der Waals surface area contributed by atoms with Crippen molar-refractivity contribution in [1.82, 2.24) is 9.80 Å². The van der Waals surface area contributed by atoms with Gasteiger partial charge >= 0.3 is 6.03 Å².